The highest BCUT2D eigenvalue weighted by Gasteiger charge is 2.26. The van der Waals surface area contributed by atoms with Crippen molar-refractivity contribution in [1.29, 1.82) is 0 Å². The Hall–Kier alpha value is -0.760. The van der Waals surface area contributed by atoms with E-state index in [1.807, 2.05) is 6.08 Å². The number of hydrogen-bond acceptors (Lipinski definition) is 6. The fourth-order valence-electron chi connectivity index (χ4n) is 7.61. The van der Waals surface area contributed by atoms with E-state index >= 15 is 0 Å². The Morgan fingerprint density at radius 2 is 0.895 bits per heavy atom. The molecular weight excluding hydrogens is 732 g/mol. The van der Waals surface area contributed by atoms with Crippen molar-refractivity contribution in [2.75, 3.05) is 19.8 Å². The van der Waals surface area contributed by atoms with Crippen LogP contribution in [0.15, 0.2) is 12.2 Å². The summed E-state index contributed by atoms with van der Waals surface area (Å²) in [4.78, 5) is 22.8. The second-order valence-electron chi connectivity index (χ2n) is 17.0. The molecule has 3 unspecified atom stereocenters. The van der Waals surface area contributed by atoms with E-state index in [2.05, 4.69) is 19.2 Å². The number of aliphatic hydroxyl groups excluding tert-OH is 1. The summed E-state index contributed by atoms with van der Waals surface area (Å²) in [7, 11) is -4.34. The van der Waals surface area contributed by atoms with Gasteiger partial charge in [0.15, 0.2) is 0 Å². The van der Waals surface area contributed by atoms with Gasteiger partial charge in [-0.05, 0) is 19.3 Å². The molecular formula is C48H97N2O6P. The van der Waals surface area contributed by atoms with E-state index in [0.29, 0.717) is 6.42 Å². The van der Waals surface area contributed by atoms with E-state index in [-0.39, 0.29) is 25.7 Å². The zero-order valence-electron chi connectivity index (χ0n) is 37.9. The maximum absolute atomic E-state index is 12.8. The standard InChI is InChI=1S/C48H97N2O6P/c1-3-5-7-9-11-13-15-17-19-21-22-23-24-26-27-29-31-33-35-37-39-41-47(51)46(45-56-57(53,54)55-44-43-49)50-48(52)42-40-38-36-34-32-30-28-25-20-18-16-14-12-10-8-6-4-2/h39,41,46-47,51H,3-38,40,42-45,49H2,1-2H3,(H,50,52)(H,53,54)/b41-39+. The van der Waals surface area contributed by atoms with Crippen LogP contribution in [0.1, 0.15) is 258 Å². The second-order valence-corrected chi connectivity index (χ2v) is 18.5. The smallest absolute Gasteiger partial charge is 0.387 e. The number of phosphoric ester groups is 1. The van der Waals surface area contributed by atoms with Crippen LogP contribution < -0.4 is 11.1 Å². The molecule has 0 aromatic heterocycles. The number of carbonyl (C=O) groups excluding carboxylic acids is 1. The van der Waals surface area contributed by atoms with Crippen molar-refractivity contribution in [1.82, 2.24) is 5.32 Å². The Bertz CT molecular complexity index is 906. The minimum absolute atomic E-state index is 0.0816. The van der Waals surface area contributed by atoms with E-state index in [4.69, 9.17) is 14.8 Å². The van der Waals surface area contributed by atoms with Crippen molar-refractivity contribution in [3.05, 3.63) is 12.2 Å². The summed E-state index contributed by atoms with van der Waals surface area (Å²) >= 11 is 0. The third-order valence-electron chi connectivity index (χ3n) is 11.4. The Kier molecular flexibility index (Phi) is 44.2. The third kappa shape index (κ3) is 43.1. The monoisotopic (exact) mass is 829 g/mol. The summed E-state index contributed by atoms with van der Waals surface area (Å²) in [6.45, 7) is 4.18. The molecule has 0 bridgehead atoms. The maximum atomic E-state index is 12.8. The van der Waals surface area contributed by atoms with E-state index in [1.54, 1.807) is 6.08 Å². The van der Waals surface area contributed by atoms with Crippen molar-refractivity contribution >= 4 is 13.7 Å². The molecule has 5 N–H and O–H groups in total. The molecule has 0 aliphatic rings. The van der Waals surface area contributed by atoms with Crippen molar-refractivity contribution in [2.24, 2.45) is 5.73 Å². The lowest BCUT2D eigenvalue weighted by Gasteiger charge is -2.23. The number of allylic oxidation sites excluding steroid dienone is 1. The average molecular weight is 829 g/mol. The normalized spacial score (nSPS) is 14.0. The van der Waals surface area contributed by atoms with Crippen LogP contribution >= 0.6 is 7.82 Å². The van der Waals surface area contributed by atoms with Gasteiger partial charge in [-0.3, -0.25) is 13.8 Å². The molecule has 0 radical (unpaired) electrons. The first kappa shape index (κ1) is 56.2. The quantitative estimate of drug-likeness (QED) is 0.0273. The number of phosphoric acid groups is 1. The fourth-order valence-corrected chi connectivity index (χ4v) is 8.36. The van der Waals surface area contributed by atoms with Crippen LogP contribution in [0.25, 0.3) is 0 Å². The number of nitrogens with two attached hydrogens (primary N) is 1. The highest BCUT2D eigenvalue weighted by molar-refractivity contribution is 7.47. The van der Waals surface area contributed by atoms with Gasteiger partial charge in [0.05, 0.1) is 25.4 Å². The van der Waals surface area contributed by atoms with Crippen LogP contribution in [0.4, 0.5) is 0 Å². The lowest BCUT2D eigenvalue weighted by atomic mass is 10.0. The second kappa shape index (κ2) is 44.8. The van der Waals surface area contributed by atoms with Gasteiger partial charge >= 0.3 is 7.82 Å². The largest absolute Gasteiger partial charge is 0.472 e. The molecule has 0 heterocycles. The van der Waals surface area contributed by atoms with E-state index < -0.39 is 20.0 Å². The molecule has 0 saturated heterocycles. The van der Waals surface area contributed by atoms with Crippen LogP contribution in [0.3, 0.4) is 0 Å². The molecule has 1 amide bonds. The molecule has 0 saturated carbocycles. The van der Waals surface area contributed by atoms with Gasteiger partial charge in [-0.25, -0.2) is 4.57 Å². The molecule has 0 aromatic carbocycles. The Morgan fingerprint density at radius 3 is 1.25 bits per heavy atom. The van der Waals surface area contributed by atoms with Crippen LogP contribution in [-0.2, 0) is 18.4 Å². The Balaban J connectivity index is 4.09. The maximum Gasteiger partial charge on any atom is 0.472 e. The Morgan fingerprint density at radius 1 is 0.561 bits per heavy atom. The molecule has 0 rings (SSSR count). The van der Waals surface area contributed by atoms with Gasteiger partial charge in [-0.2, -0.15) is 0 Å². The van der Waals surface area contributed by atoms with Crippen LogP contribution in [-0.4, -0.2) is 47.8 Å². The summed E-state index contributed by atoms with van der Waals surface area (Å²) in [6.07, 6.45) is 51.2. The van der Waals surface area contributed by atoms with Crippen LogP contribution in [0, 0.1) is 0 Å². The topological polar surface area (TPSA) is 131 Å². The summed E-state index contributed by atoms with van der Waals surface area (Å²) in [5.74, 6) is -0.188. The summed E-state index contributed by atoms with van der Waals surface area (Å²) < 4.78 is 22.2. The number of hydrogen-bond donors (Lipinski definition) is 4. The van der Waals surface area contributed by atoms with Crippen molar-refractivity contribution < 1.29 is 28.4 Å². The molecule has 3 atom stereocenters. The Labute approximate surface area is 354 Å². The van der Waals surface area contributed by atoms with E-state index in [1.165, 1.54) is 199 Å². The predicted octanol–water partition coefficient (Wildman–Crippen LogP) is 14.3. The number of nitrogens with one attached hydrogen (secondary N) is 1. The van der Waals surface area contributed by atoms with Gasteiger partial charge in [-0.15, -0.1) is 0 Å². The van der Waals surface area contributed by atoms with E-state index in [0.717, 1.165) is 38.5 Å². The molecule has 0 spiro atoms. The minimum atomic E-state index is -4.34. The zero-order valence-corrected chi connectivity index (χ0v) is 38.7. The highest BCUT2D eigenvalue weighted by atomic mass is 31.2. The van der Waals surface area contributed by atoms with Gasteiger partial charge in [0.2, 0.25) is 5.91 Å². The van der Waals surface area contributed by atoms with Gasteiger partial charge in [0.1, 0.15) is 0 Å². The number of carbonyl (C=O) groups is 1. The molecule has 340 valence electrons. The molecule has 0 fully saturated rings. The van der Waals surface area contributed by atoms with Gasteiger partial charge in [-0.1, -0.05) is 244 Å². The molecule has 0 aromatic rings. The predicted molar refractivity (Wildman–Crippen MR) is 245 cm³/mol. The fraction of sp³-hybridized carbons (Fsp3) is 0.938. The first-order valence-corrected chi connectivity index (χ1v) is 26.3. The summed E-state index contributed by atoms with van der Waals surface area (Å²) in [5, 5.41) is 13.7. The minimum Gasteiger partial charge on any atom is -0.387 e. The van der Waals surface area contributed by atoms with Crippen molar-refractivity contribution in [3.63, 3.8) is 0 Å². The van der Waals surface area contributed by atoms with E-state index in [9.17, 15) is 19.4 Å². The molecule has 8 nitrogen and oxygen atoms in total. The summed E-state index contributed by atoms with van der Waals surface area (Å²) in [6, 6.07) is -0.855. The third-order valence-corrected chi connectivity index (χ3v) is 12.3. The zero-order chi connectivity index (χ0) is 41.8. The lowest BCUT2D eigenvalue weighted by molar-refractivity contribution is -0.123. The first-order chi connectivity index (χ1) is 27.9. The lowest BCUT2D eigenvalue weighted by Crippen LogP contribution is -2.45. The van der Waals surface area contributed by atoms with Crippen molar-refractivity contribution in [3.8, 4) is 0 Å². The highest BCUT2D eigenvalue weighted by Crippen LogP contribution is 2.43. The molecule has 0 aliphatic heterocycles. The number of aliphatic hydroxyl groups is 1. The number of unbranched alkanes of at least 4 members (excludes halogenated alkanes) is 35. The average Bonchev–Trinajstić information content (AvgIpc) is 3.20. The molecule has 9 heteroatoms. The van der Waals surface area contributed by atoms with Gasteiger partial charge < -0.3 is 21.1 Å². The van der Waals surface area contributed by atoms with Crippen molar-refractivity contribution in [2.45, 2.75) is 270 Å². The van der Waals surface area contributed by atoms with Gasteiger partial charge in [0.25, 0.3) is 0 Å². The SMILES string of the molecule is CCCCCCCCCCCCCCCCCCCCC/C=C/C(O)C(COP(=O)(O)OCCN)NC(=O)CCCCCCCCCCCCCCCCCCC. The molecule has 0 aliphatic carbocycles. The number of amides is 1. The van der Waals surface area contributed by atoms with Gasteiger partial charge in [0, 0.05) is 13.0 Å². The van der Waals surface area contributed by atoms with Crippen LogP contribution in [0.5, 0.6) is 0 Å². The summed E-state index contributed by atoms with van der Waals surface area (Å²) in [5.41, 5.74) is 5.39. The first-order valence-electron chi connectivity index (χ1n) is 24.8. The van der Waals surface area contributed by atoms with Crippen LogP contribution in [0.2, 0.25) is 0 Å². The molecule has 57 heavy (non-hydrogen) atoms. The number of rotatable bonds is 47.